The van der Waals surface area contributed by atoms with Crippen LogP contribution in [0.1, 0.15) is 82.8 Å². The first-order valence-corrected chi connectivity index (χ1v) is 11.5. The average molecular weight is 379 g/mol. The molecule has 0 aromatic heterocycles. The zero-order valence-corrected chi connectivity index (χ0v) is 18.1. The third-order valence-electron chi connectivity index (χ3n) is 6.34. The SMILES string of the molecule is CCCOC1CCC(C[C@@H](C)c2ccc(-c3ccc(CCC)cc3)cc2)CC1. The summed E-state index contributed by atoms with van der Waals surface area (Å²) < 4.78 is 5.95. The molecule has 0 saturated heterocycles. The molecule has 0 bridgehead atoms. The Labute approximate surface area is 172 Å². The van der Waals surface area contributed by atoms with Crippen molar-refractivity contribution in [3.8, 4) is 11.1 Å². The van der Waals surface area contributed by atoms with Crippen molar-refractivity contribution < 1.29 is 4.74 Å². The van der Waals surface area contributed by atoms with Gasteiger partial charge < -0.3 is 4.74 Å². The van der Waals surface area contributed by atoms with E-state index in [2.05, 4.69) is 69.3 Å². The molecule has 0 aliphatic heterocycles. The molecule has 0 amide bonds. The molecule has 0 heterocycles. The van der Waals surface area contributed by atoms with E-state index in [4.69, 9.17) is 4.74 Å². The van der Waals surface area contributed by atoms with Crippen LogP contribution in [0.3, 0.4) is 0 Å². The second-order valence-electron chi connectivity index (χ2n) is 8.72. The van der Waals surface area contributed by atoms with Gasteiger partial charge in [-0.1, -0.05) is 75.7 Å². The Morgan fingerprint density at radius 2 is 1.43 bits per heavy atom. The Morgan fingerprint density at radius 1 is 0.821 bits per heavy atom. The van der Waals surface area contributed by atoms with Gasteiger partial charge >= 0.3 is 0 Å². The smallest absolute Gasteiger partial charge is 0.0575 e. The van der Waals surface area contributed by atoms with Crippen LogP contribution >= 0.6 is 0 Å². The maximum atomic E-state index is 5.95. The monoisotopic (exact) mass is 378 g/mol. The first-order chi connectivity index (χ1) is 13.7. The second-order valence-corrected chi connectivity index (χ2v) is 8.72. The Bertz CT molecular complexity index is 677. The van der Waals surface area contributed by atoms with Crippen LogP contribution in [0.5, 0.6) is 0 Å². The van der Waals surface area contributed by atoms with E-state index in [0.29, 0.717) is 12.0 Å². The largest absolute Gasteiger partial charge is 0.378 e. The van der Waals surface area contributed by atoms with Crippen molar-refractivity contribution in [2.45, 2.75) is 84.2 Å². The van der Waals surface area contributed by atoms with Crippen LogP contribution in [-0.2, 0) is 11.2 Å². The molecule has 1 heteroatoms. The average Bonchev–Trinajstić information content (AvgIpc) is 2.74. The van der Waals surface area contributed by atoms with Crippen molar-refractivity contribution in [1.29, 1.82) is 0 Å². The van der Waals surface area contributed by atoms with Gasteiger partial charge in [0.25, 0.3) is 0 Å². The Hall–Kier alpha value is -1.60. The van der Waals surface area contributed by atoms with E-state index < -0.39 is 0 Å². The van der Waals surface area contributed by atoms with Gasteiger partial charge in [-0.05, 0) is 79.0 Å². The maximum Gasteiger partial charge on any atom is 0.0575 e. The summed E-state index contributed by atoms with van der Waals surface area (Å²) in [5.41, 5.74) is 5.57. The molecule has 3 rings (SSSR count). The fourth-order valence-electron chi connectivity index (χ4n) is 4.61. The lowest BCUT2D eigenvalue weighted by atomic mass is 9.80. The number of aryl methyl sites for hydroxylation is 1. The molecule has 28 heavy (non-hydrogen) atoms. The molecule has 1 atom stereocenters. The number of hydrogen-bond acceptors (Lipinski definition) is 1. The quantitative estimate of drug-likeness (QED) is 0.433. The molecule has 1 saturated carbocycles. The zero-order valence-electron chi connectivity index (χ0n) is 18.1. The molecule has 0 N–H and O–H groups in total. The van der Waals surface area contributed by atoms with Crippen molar-refractivity contribution >= 4 is 0 Å². The lowest BCUT2D eigenvalue weighted by Gasteiger charge is -2.30. The summed E-state index contributed by atoms with van der Waals surface area (Å²) in [4.78, 5) is 0. The van der Waals surface area contributed by atoms with Crippen LogP contribution in [0.25, 0.3) is 11.1 Å². The van der Waals surface area contributed by atoms with Gasteiger partial charge in [0.05, 0.1) is 6.10 Å². The molecular weight excluding hydrogens is 340 g/mol. The summed E-state index contributed by atoms with van der Waals surface area (Å²) in [7, 11) is 0. The van der Waals surface area contributed by atoms with Crippen LogP contribution in [0.2, 0.25) is 0 Å². The van der Waals surface area contributed by atoms with Crippen LogP contribution < -0.4 is 0 Å². The fraction of sp³-hybridized carbons (Fsp3) is 0.556. The van der Waals surface area contributed by atoms with E-state index in [1.807, 2.05) is 0 Å². The molecule has 1 nitrogen and oxygen atoms in total. The molecule has 0 spiro atoms. The normalized spacial score (nSPS) is 20.8. The molecule has 1 aliphatic rings. The van der Waals surface area contributed by atoms with Gasteiger partial charge in [-0.25, -0.2) is 0 Å². The van der Waals surface area contributed by atoms with Crippen LogP contribution in [-0.4, -0.2) is 12.7 Å². The van der Waals surface area contributed by atoms with E-state index in [-0.39, 0.29) is 0 Å². The highest BCUT2D eigenvalue weighted by Crippen LogP contribution is 2.34. The van der Waals surface area contributed by atoms with Crippen molar-refractivity contribution in [1.82, 2.24) is 0 Å². The number of rotatable bonds is 9. The van der Waals surface area contributed by atoms with Crippen LogP contribution in [0.15, 0.2) is 48.5 Å². The molecule has 152 valence electrons. The Balaban J connectivity index is 1.52. The van der Waals surface area contributed by atoms with Crippen molar-refractivity contribution in [3.63, 3.8) is 0 Å². The van der Waals surface area contributed by atoms with Gasteiger partial charge in [-0.3, -0.25) is 0 Å². The zero-order chi connectivity index (χ0) is 19.8. The van der Waals surface area contributed by atoms with Crippen molar-refractivity contribution in [2.75, 3.05) is 6.61 Å². The van der Waals surface area contributed by atoms with Crippen LogP contribution in [0.4, 0.5) is 0 Å². The summed E-state index contributed by atoms with van der Waals surface area (Å²) >= 11 is 0. The second kappa shape index (κ2) is 10.8. The van der Waals surface area contributed by atoms with E-state index >= 15 is 0 Å². The van der Waals surface area contributed by atoms with Gasteiger partial charge in [-0.2, -0.15) is 0 Å². The summed E-state index contributed by atoms with van der Waals surface area (Å²) in [6.07, 6.45) is 10.5. The number of ether oxygens (including phenoxy) is 1. The van der Waals surface area contributed by atoms with Gasteiger partial charge in [0.2, 0.25) is 0 Å². The lowest BCUT2D eigenvalue weighted by molar-refractivity contribution is 0.0171. The van der Waals surface area contributed by atoms with E-state index in [1.54, 1.807) is 0 Å². The predicted octanol–water partition coefficient (Wildman–Crippen LogP) is 7.79. The number of benzene rings is 2. The summed E-state index contributed by atoms with van der Waals surface area (Å²) in [5.74, 6) is 1.50. The highest BCUT2D eigenvalue weighted by atomic mass is 16.5. The molecule has 1 fully saturated rings. The highest BCUT2D eigenvalue weighted by Gasteiger charge is 2.23. The van der Waals surface area contributed by atoms with Crippen molar-refractivity contribution in [3.05, 3.63) is 59.7 Å². The van der Waals surface area contributed by atoms with Gasteiger partial charge in [0.15, 0.2) is 0 Å². The third kappa shape index (κ3) is 5.95. The van der Waals surface area contributed by atoms with Gasteiger partial charge in [-0.15, -0.1) is 0 Å². The molecule has 2 aromatic rings. The number of hydrogen-bond donors (Lipinski definition) is 0. The Kier molecular flexibility index (Phi) is 8.15. The van der Waals surface area contributed by atoms with E-state index in [1.165, 1.54) is 67.2 Å². The topological polar surface area (TPSA) is 9.23 Å². The molecular formula is C27H38O. The predicted molar refractivity (Wildman–Crippen MR) is 121 cm³/mol. The van der Waals surface area contributed by atoms with E-state index in [0.717, 1.165) is 18.9 Å². The van der Waals surface area contributed by atoms with Gasteiger partial charge in [0, 0.05) is 6.61 Å². The minimum absolute atomic E-state index is 0.523. The third-order valence-corrected chi connectivity index (χ3v) is 6.34. The summed E-state index contributed by atoms with van der Waals surface area (Å²) in [6.45, 7) is 7.76. The first-order valence-electron chi connectivity index (χ1n) is 11.5. The minimum Gasteiger partial charge on any atom is -0.378 e. The van der Waals surface area contributed by atoms with Crippen molar-refractivity contribution in [2.24, 2.45) is 5.92 Å². The highest BCUT2D eigenvalue weighted by molar-refractivity contribution is 5.64. The fourth-order valence-corrected chi connectivity index (χ4v) is 4.61. The minimum atomic E-state index is 0.523. The van der Waals surface area contributed by atoms with Crippen LogP contribution in [0, 0.1) is 5.92 Å². The summed E-state index contributed by atoms with van der Waals surface area (Å²) in [6, 6.07) is 18.4. The molecule has 0 radical (unpaired) electrons. The van der Waals surface area contributed by atoms with Gasteiger partial charge in [0.1, 0.15) is 0 Å². The lowest BCUT2D eigenvalue weighted by Crippen LogP contribution is -2.22. The Morgan fingerprint density at radius 3 is 2.00 bits per heavy atom. The molecule has 1 aliphatic carbocycles. The molecule has 2 aromatic carbocycles. The summed E-state index contributed by atoms with van der Waals surface area (Å²) in [5, 5.41) is 0. The van der Waals surface area contributed by atoms with E-state index in [9.17, 15) is 0 Å². The first kappa shape index (κ1) is 21.1. The standard InChI is InChI=1S/C27H38O/c1-4-6-22-7-11-25(12-8-22)26-15-13-24(14-16-26)21(3)20-23-9-17-27(18-10-23)28-19-5-2/h7-8,11-16,21,23,27H,4-6,9-10,17-20H2,1-3H3/t21-,23?,27?/m1/s1. The maximum absolute atomic E-state index is 5.95. The molecule has 0 unspecified atom stereocenters.